The molecule has 1 aromatic rings. The van der Waals surface area contributed by atoms with Crippen LogP contribution in [0.4, 0.5) is 5.69 Å². The van der Waals surface area contributed by atoms with E-state index in [9.17, 15) is 4.79 Å². The standard InChI is InChI=1S/C15H25N3O/c1-6-18(15(19)9-10-17(4)5)13-7-8-14(12(2)3)16-11-13/h7-8,11-12H,6,9-10H2,1-5H3. The zero-order chi connectivity index (χ0) is 14.4. The van der Waals surface area contributed by atoms with E-state index in [0.717, 1.165) is 17.9 Å². The smallest absolute Gasteiger partial charge is 0.228 e. The third kappa shape index (κ3) is 4.63. The molecule has 0 aliphatic carbocycles. The van der Waals surface area contributed by atoms with E-state index in [-0.39, 0.29) is 5.91 Å². The molecule has 1 rings (SSSR count). The molecular formula is C15H25N3O. The van der Waals surface area contributed by atoms with Gasteiger partial charge in [0.25, 0.3) is 0 Å². The molecule has 1 amide bonds. The normalized spacial score (nSPS) is 11.1. The molecule has 0 saturated heterocycles. The van der Waals surface area contributed by atoms with Crippen molar-refractivity contribution in [2.75, 3.05) is 32.1 Å². The number of anilines is 1. The third-order valence-corrected chi connectivity index (χ3v) is 3.06. The molecule has 19 heavy (non-hydrogen) atoms. The van der Waals surface area contributed by atoms with E-state index in [0.29, 0.717) is 18.9 Å². The number of carbonyl (C=O) groups excluding carboxylic acids is 1. The highest BCUT2D eigenvalue weighted by Crippen LogP contribution is 2.18. The summed E-state index contributed by atoms with van der Waals surface area (Å²) in [6, 6.07) is 3.99. The van der Waals surface area contributed by atoms with E-state index in [4.69, 9.17) is 0 Å². The molecule has 0 spiro atoms. The first kappa shape index (κ1) is 15.6. The maximum atomic E-state index is 12.2. The van der Waals surface area contributed by atoms with Gasteiger partial charge in [0.05, 0.1) is 11.9 Å². The fourth-order valence-electron chi connectivity index (χ4n) is 1.86. The summed E-state index contributed by atoms with van der Waals surface area (Å²) in [6.07, 6.45) is 2.33. The van der Waals surface area contributed by atoms with Crippen LogP contribution in [0.5, 0.6) is 0 Å². The summed E-state index contributed by atoms with van der Waals surface area (Å²) in [5, 5.41) is 0. The number of amides is 1. The van der Waals surface area contributed by atoms with E-state index >= 15 is 0 Å². The molecule has 0 radical (unpaired) electrons. The van der Waals surface area contributed by atoms with Gasteiger partial charge in [-0.3, -0.25) is 9.78 Å². The average molecular weight is 263 g/mol. The Balaban J connectivity index is 2.76. The molecule has 0 unspecified atom stereocenters. The van der Waals surface area contributed by atoms with Crippen molar-refractivity contribution in [3.8, 4) is 0 Å². The fraction of sp³-hybridized carbons (Fsp3) is 0.600. The zero-order valence-corrected chi connectivity index (χ0v) is 12.7. The molecule has 0 aromatic carbocycles. The Bertz CT molecular complexity index is 398. The van der Waals surface area contributed by atoms with Gasteiger partial charge in [0.15, 0.2) is 0 Å². The summed E-state index contributed by atoms with van der Waals surface area (Å²) >= 11 is 0. The van der Waals surface area contributed by atoms with Crippen LogP contribution in [0.1, 0.15) is 38.8 Å². The van der Waals surface area contributed by atoms with Crippen molar-refractivity contribution in [2.24, 2.45) is 0 Å². The van der Waals surface area contributed by atoms with Crippen molar-refractivity contribution < 1.29 is 4.79 Å². The van der Waals surface area contributed by atoms with Crippen LogP contribution in [-0.2, 0) is 4.79 Å². The second kappa shape index (κ2) is 7.24. The maximum Gasteiger partial charge on any atom is 0.228 e. The number of hydrogen-bond acceptors (Lipinski definition) is 3. The van der Waals surface area contributed by atoms with Crippen LogP contribution in [-0.4, -0.2) is 43.0 Å². The Morgan fingerprint density at radius 3 is 2.42 bits per heavy atom. The number of rotatable bonds is 6. The lowest BCUT2D eigenvalue weighted by atomic mass is 10.1. The van der Waals surface area contributed by atoms with Crippen molar-refractivity contribution in [1.82, 2.24) is 9.88 Å². The summed E-state index contributed by atoms with van der Waals surface area (Å²) in [5.74, 6) is 0.559. The van der Waals surface area contributed by atoms with Gasteiger partial charge in [-0.15, -0.1) is 0 Å². The van der Waals surface area contributed by atoms with Crippen LogP contribution in [0.15, 0.2) is 18.3 Å². The molecule has 0 N–H and O–H groups in total. The van der Waals surface area contributed by atoms with Crippen LogP contribution in [0.2, 0.25) is 0 Å². The van der Waals surface area contributed by atoms with Crippen molar-refractivity contribution in [2.45, 2.75) is 33.1 Å². The number of hydrogen-bond donors (Lipinski definition) is 0. The van der Waals surface area contributed by atoms with Gasteiger partial charge in [-0.1, -0.05) is 13.8 Å². The molecule has 0 aliphatic rings. The molecule has 0 atom stereocenters. The van der Waals surface area contributed by atoms with Crippen LogP contribution in [0, 0.1) is 0 Å². The van der Waals surface area contributed by atoms with Gasteiger partial charge >= 0.3 is 0 Å². The summed E-state index contributed by atoms with van der Waals surface area (Å²) in [6.45, 7) is 7.66. The molecular weight excluding hydrogens is 238 g/mol. The summed E-state index contributed by atoms with van der Waals surface area (Å²) in [5.41, 5.74) is 1.94. The Morgan fingerprint density at radius 1 is 1.32 bits per heavy atom. The van der Waals surface area contributed by atoms with Gasteiger partial charge in [0.1, 0.15) is 0 Å². The second-order valence-corrected chi connectivity index (χ2v) is 5.29. The van der Waals surface area contributed by atoms with Crippen molar-refractivity contribution in [1.29, 1.82) is 0 Å². The summed E-state index contributed by atoms with van der Waals surface area (Å²) in [4.78, 5) is 20.4. The Kier molecular flexibility index (Phi) is 5.96. The Hall–Kier alpha value is -1.42. The minimum absolute atomic E-state index is 0.148. The van der Waals surface area contributed by atoms with E-state index in [1.54, 1.807) is 11.1 Å². The van der Waals surface area contributed by atoms with Crippen LogP contribution in [0.3, 0.4) is 0 Å². The van der Waals surface area contributed by atoms with Gasteiger partial charge in [-0.25, -0.2) is 0 Å². The Morgan fingerprint density at radius 2 is 2.00 bits per heavy atom. The molecule has 4 nitrogen and oxygen atoms in total. The highest BCUT2D eigenvalue weighted by molar-refractivity contribution is 5.93. The third-order valence-electron chi connectivity index (χ3n) is 3.06. The fourth-order valence-corrected chi connectivity index (χ4v) is 1.86. The van der Waals surface area contributed by atoms with Crippen molar-refractivity contribution in [3.05, 3.63) is 24.0 Å². The largest absolute Gasteiger partial charge is 0.311 e. The van der Waals surface area contributed by atoms with E-state index < -0.39 is 0 Å². The second-order valence-electron chi connectivity index (χ2n) is 5.29. The predicted molar refractivity (Wildman–Crippen MR) is 79.5 cm³/mol. The van der Waals surface area contributed by atoms with Gasteiger partial charge in [-0.2, -0.15) is 0 Å². The van der Waals surface area contributed by atoms with Crippen LogP contribution in [0.25, 0.3) is 0 Å². The summed E-state index contributed by atoms with van der Waals surface area (Å²) < 4.78 is 0. The summed E-state index contributed by atoms with van der Waals surface area (Å²) in [7, 11) is 3.95. The number of nitrogens with zero attached hydrogens (tertiary/aromatic N) is 3. The van der Waals surface area contributed by atoms with Gasteiger partial charge in [0.2, 0.25) is 5.91 Å². The average Bonchev–Trinajstić information content (AvgIpc) is 2.37. The first-order valence-electron chi connectivity index (χ1n) is 6.86. The minimum Gasteiger partial charge on any atom is -0.311 e. The molecule has 106 valence electrons. The van der Waals surface area contributed by atoms with Gasteiger partial charge in [-0.05, 0) is 39.1 Å². The first-order chi connectivity index (χ1) is 8.95. The molecule has 0 bridgehead atoms. The quantitative estimate of drug-likeness (QED) is 0.791. The van der Waals surface area contributed by atoms with Crippen LogP contribution >= 0.6 is 0 Å². The lowest BCUT2D eigenvalue weighted by Gasteiger charge is -2.22. The lowest BCUT2D eigenvalue weighted by molar-refractivity contribution is -0.118. The van der Waals surface area contributed by atoms with Crippen molar-refractivity contribution >= 4 is 11.6 Å². The molecule has 1 aromatic heterocycles. The molecule has 4 heteroatoms. The minimum atomic E-state index is 0.148. The van der Waals surface area contributed by atoms with E-state index in [2.05, 4.69) is 18.8 Å². The molecule has 0 aliphatic heterocycles. The maximum absolute atomic E-state index is 12.2. The number of pyridine rings is 1. The number of aromatic nitrogens is 1. The SMILES string of the molecule is CCN(C(=O)CCN(C)C)c1ccc(C(C)C)nc1. The van der Waals surface area contributed by atoms with Gasteiger partial charge < -0.3 is 9.80 Å². The predicted octanol–water partition coefficient (Wildman–Crippen LogP) is 2.51. The zero-order valence-electron chi connectivity index (χ0n) is 12.7. The highest BCUT2D eigenvalue weighted by atomic mass is 16.2. The van der Waals surface area contributed by atoms with Crippen molar-refractivity contribution in [3.63, 3.8) is 0 Å². The Labute approximate surface area is 116 Å². The highest BCUT2D eigenvalue weighted by Gasteiger charge is 2.14. The van der Waals surface area contributed by atoms with Gasteiger partial charge in [0, 0.05) is 25.2 Å². The first-order valence-corrected chi connectivity index (χ1v) is 6.86. The molecule has 0 fully saturated rings. The molecule has 1 heterocycles. The van der Waals surface area contributed by atoms with E-state index in [1.165, 1.54) is 0 Å². The number of carbonyl (C=O) groups is 1. The van der Waals surface area contributed by atoms with E-state index in [1.807, 2.05) is 38.1 Å². The topological polar surface area (TPSA) is 36.4 Å². The van der Waals surface area contributed by atoms with Crippen LogP contribution < -0.4 is 4.90 Å². The monoisotopic (exact) mass is 263 g/mol. The molecule has 0 saturated carbocycles. The lowest BCUT2D eigenvalue weighted by Crippen LogP contribution is -2.33.